The summed E-state index contributed by atoms with van der Waals surface area (Å²) in [7, 11) is 0. The molecule has 4 heteroatoms. The minimum atomic E-state index is 0.104. The number of fused-ring (bicyclic) bond motifs is 1. The molecule has 4 nitrogen and oxygen atoms in total. The van der Waals surface area contributed by atoms with Gasteiger partial charge in [-0.05, 0) is 38.3 Å². The molecule has 0 saturated carbocycles. The summed E-state index contributed by atoms with van der Waals surface area (Å²) in [6.07, 6.45) is 6.93. The largest absolute Gasteiger partial charge is 0.359 e. The molecule has 1 unspecified atom stereocenters. The fourth-order valence-corrected chi connectivity index (χ4v) is 2.67. The number of aromatic nitrogens is 2. The van der Waals surface area contributed by atoms with Crippen molar-refractivity contribution in [1.82, 2.24) is 14.9 Å². The van der Waals surface area contributed by atoms with Crippen molar-refractivity contribution in [3.05, 3.63) is 30.1 Å². The lowest BCUT2D eigenvalue weighted by Gasteiger charge is -2.33. The van der Waals surface area contributed by atoms with Crippen molar-refractivity contribution in [2.24, 2.45) is 0 Å². The van der Waals surface area contributed by atoms with Gasteiger partial charge in [-0.15, -0.1) is 0 Å². The molecule has 0 radical (unpaired) electrons. The Labute approximate surface area is 106 Å². The van der Waals surface area contributed by atoms with Crippen molar-refractivity contribution in [2.75, 3.05) is 6.54 Å². The third kappa shape index (κ3) is 1.78. The van der Waals surface area contributed by atoms with E-state index in [2.05, 4.69) is 16.9 Å². The van der Waals surface area contributed by atoms with Crippen LogP contribution < -0.4 is 0 Å². The molecular formula is C14H17N3O. The quantitative estimate of drug-likeness (QED) is 0.836. The third-order valence-corrected chi connectivity index (χ3v) is 3.73. The maximum Gasteiger partial charge on any atom is 0.257 e. The first-order chi connectivity index (χ1) is 8.77. The summed E-state index contributed by atoms with van der Waals surface area (Å²) in [5.74, 6) is 0.104. The number of rotatable bonds is 1. The number of H-pyrrole nitrogens is 1. The lowest BCUT2D eigenvalue weighted by Crippen LogP contribution is -2.41. The van der Waals surface area contributed by atoms with Gasteiger partial charge in [-0.3, -0.25) is 9.78 Å². The van der Waals surface area contributed by atoms with Crippen LogP contribution in [0.3, 0.4) is 0 Å². The summed E-state index contributed by atoms with van der Waals surface area (Å²) in [5, 5.41) is 0. The highest BCUT2D eigenvalue weighted by Crippen LogP contribution is 2.22. The smallest absolute Gasteiger partial charge is 0.257 e. The number of nitrogens with one attached hydrogen (secondary N) is 1. The number of piperidine rings is 1. The highest BCUT2D eigenvalue weighted by atomic mass is 16.2. The van der Waals surface area contributed by atoms with Crippen LogP contribution in [0.25, 0.3) is 11.0 Å². The Morgan fingerprint density at radius 3 is 3.22 bits per heavy atom. The van der Waals surface area contributed by atoms with Crippen molar-refractivity contribution < 1.29 is 4.79 Å². The Morgan fingerprint density at radius 1 is 1.50 bits per heavy atom. The molecule has 1 saturated heterocycles. The summed E-state index contributed by atoms with van der Waals surface area (Å²) in [4.78, 5) is 21.9. The van der Waals surface area contributed by atoms with Gasteiger partial charge in [-0.25, -0.2) is 0 Å². The first-order valence-corrected chi connectivity index (χ1v) is 6.50. The average Bonchev–Trinajstić information content (AvgIpc) is 2.82. The second-order valence-corrected chi connectivity index (χ2v) is 4.95. The zero-order valence-electron chi connectivity index (χ0n) is 10.5. The number of amides is 1. The normalized spacial score (nSPS) is 20.3. The molecule has 1 aliphatic rings. The van der Waals surface area contributed by atoms with Gasteiger partial charge in [0.1, 0.15) is 5.52 Å². The van der Waals surface area contributed by atoms with Crippen LogP contribution in [0.4, 0.5) is 0 Å². The van der Waals surface area contributed by atoms with E-state index in [1.54, 1.807) is 12.4 Å². The van der Waals surface area contributed by atoms with E-state index in [1.807, 2.05) is 17.0 Å². The van der Waals surface area contributed by atoms with Crippen molar-refractivity contribution in [2.45, 2.75) is 32.2 Å². The molecular weight excluding hydrogens is 226 g/mol. The van der Waals surface area contributed by atoms with Gasteiger partial charge in [0.15, 0.2) is 0 Å². The lowest BCUT2D eigenvalue weighted by atomic mass is 10.0. The van der Waals surface area contributed by atoms with E-state index in [9.17, 15) is 4.79 Å². The number of aromatic amines is 1. The SMILES string of the molecule is CC1CCCCN1C(=O)c1c[nH]c2cccnc12. The molecule has 1 atom stereocenters. The first kappa shape index (κ1) is 11.3. The van der Waals surface area contributed by atoms with Crippen molar-refractivity contribution in [1.29, 1.82) is 0 Å². The number of carbonyl (C=O) groups excluding carboxylic acids is 1. The Balaban J connectivity index is 1.96. The lowest BCUT2D eigenvalue weighted by molar-refractivity contribution is 0.0637. The zero-order chi connectivity index (χ0) is 12.5. The highest BCUT2D eigenvalue weighted by molar-refractivity contribution is 6.05. The average molecular weight is 243 g/mol. The Kier molecular flexibility index (Phi) is 2.78. The van der Waals surface area contributed by atoms with Gasteiger partial charge in [-0.1, -0.05) is 0 Å². The van der Waals surface area contributed by atoms with E-state index < -0.39 is 0 Å². The molecule has 1 N–H and O–H groups in total. The highest BCUT2D eigenvalue weighted by Gasteiger charge is 2.26. The Morgan fingerprint density at radius 2 is 2.39 bits per heavy atom. The van der Waals surface area contributed by atoms with Crippen LogP contribution in [0.15, 0.2) is 24.5 Å². The fourth-order valence-electron chi connectivity index (χ4n) is 2.67. The minimum absolute atomic E-state index is 0.104. The van der Waals surface area contributed by atoms with Gasteiger partial charge >= 0.3 is 0 Å². The van der Waals surface area contributed by atoms with Crippen LogP contribution in [0.5, 0.6) is 0 Å². The van der Waals surface area contributed by atoms with Crippen LogP contribution in [-0.2, 0) is 0 Å². The van der Waals surface area contributed by atoms with E-state index in [-0.39, 0.29) is 5.91 Å². The Hall–Kier alpha value is -1.84. The molecule has 0 spiro atoms. The monoisotopic (exact) mass is 243 g/mol. The maximum absolute atomic E-state index is 12.6. The summed E-state index contributed by atoms with van der Waals surface area (Å²) in [5.41, 5.74) is 2.39. The van der Waals surface area contributed by atoms with Crippen molar-refractivity contribution >= 4 is 16.9 Å². The molecule has 0 aromatic carbocycles. The zero-order valence-corrected chi connectivity index (χ0v) is 10.5. The van der Waals surface area contributed by atoms with Crippen LogP contribution >= 0.6 is 0 Å². The van der Waals surface area contributed by atoms with E-state index in [0.29, 0.717) is 11.6 Å². The minimum Gasteiger partial charge on any atom is -0.359 e. The number of hydrogen-bond donors (Lipinski definition) is 1. The summed E-state index contributed by atoms with van der Waals surface area (Å²) in [6, 6.07) is 4.15. The maximum atomic E-state index is 12.6. The third-order valence-electron chi connectivity index (χ3n) is 3.73. The molecule has 0 aliphatic carbocycles. The number of nitrogens with zero attached hydrogens (tertiary/aromatic N) is 2. The summed E-state index contributed by atoms with van der Waals surface area (Å²) in [6.45, 7) is 2.98. The molecule has 1 aliphatic heterocycles. The predicted octanol–water partition coefficient (Wildman–Crippen LogP) is 2.58. The second kappa shape index (κ2) is 4.44. The predicted molar refractivity (Wildman–Crippen MR) is 70.4 cm³/mol. The second-order valence-electron chi connectivity index (χ2n) is 4.95. The summed E-state index contributed by atoms with van der Waals surface area (Å²) >= 11 is 0. The van der Waals surface area contributed by atoms with Crippen LogP contribution in [0.2, 0.25) is 0 Å². The topological polar surface area (TPSA) is 49.0 Å². The molecule has 94 valence electrons. The van der Waals surface area contributed by atoms with Crippen molar-refractivity contribution in [3.8, 4) is 0 Å². The molecule has 0 bridgehead atoms. The molecule has 3 heterocycles. The van der Waals surface area contributed by atoms with E-state index in [4.69, 9.17) is 0 Å². The number of hydrogen-bond acceptors (Lipinski definition) is 2. The van der Waals surface area contributed by atoms with E-state index >= 15 is 0 Å². The van der Waals surface area contributed by atoms with Gasteiger partial charge < -0.3 is 9.88 Å². The van der Waals surface area contributed by atoms with Crippen molar-refractivity contribution in [3.63, 3.8) is 0 Å². The van der Waals surface area contributed by atoms with Gasteiger partial charge in [0.2, 0.25) is 0 Å². The molecule has 2 aromatic rings. The van der Waals surface area contributed by atoms with E-state index in [1.165, 1.54) is 6.42 Å². The standard InChI is InChI=1S/C14H17N3O/c1-10-5-2-3-8-17(10)14(18)11-9-16-12-6-4-7-15-13(11)12/h4,6-7,9-10,16H,2-3,5,8H2,1H3. The molecule has 18 heavy (non-hydrogen) atoms. The number of pyridine rings is 1. The van der Waals surface area contributed by atoms with Gasteiger partial charge in [0.05, 0.1) is 11.1 Å². The number of likely N-dealkylation sites (tertiary alicyclic amines) is 1. The Bertz CT molecular complexity index is 575. The number of carbonyl (C=O) groups is 1. The fraction of sp³-hybridized carbons (Fsp3) is 0.429. The molecule has 2 aromatic heterocycles. The van der Waals surface area contributed by atoms with E-state index in [0.717, 1.165) is 30.4 Å². The van der Waals surface area contributed by atoms with Crippen LogP contribution in [0, 0.1) is 0 Å². The molecule has 3 rings (SSSR count). The van der Waals surface area contributed by atoms with Gasteiger partial charge in [0.25, 0.3) is 5.91 Å². The first-order valence-electron chi connectivity index (χ1n) is 6.50. The van der Waals surface area contributed by atoms with Crippen LogP contribution in [0.1, 0.15) is 36.5 Å². The van der Waals surface area contributed by atoms with Crippen LogP contribution in [-0.4, -0.2) is 33.4 Å². The molecule has 1 fully saturated rings. The van der Waals surface area contributed by atoms with Gasteiger partial charge in [0, 0.05) is 25.0 Å². The van der Waals surface area contributed by atoms with Gasteiger partial charge in [-0.2, -0.15) is 0 Å². The molecule has 1 amide bonds. The summed E-state index contributed by atoms with van der Waals surface area (Å²) < 4.78 is 0.